The van der Waals surface area contributed by atoms with Gasteiger partial charge in [0.2, 0.25) is 0 Å². The summed E-state index contributed by atoms with van der Waals surface area (Å²) in [4.78, 5) is 4.31. The molecular formula is C24H27N5O3S. The maximum atomic E-state index is 12.2. The number of hydrogen-bond donors (Lipinski definition) is 3. The molecule has 172 valence electrons. The Morgan fingerprint density at radius 1 is 1.18 bits per heavy atom. The highest BCUT2D eigenvalue weighted by Gasteiger charge is 2.18. The van der Waals surface area contributed by atoms with Crippen LogP contribution in [0.15, 0.2) is 74.8 Å². The Morgan fingerprint density at radius 3 is 2.45 bits per heavy atom. The molecule has 0 aliphatic rings. The largest absolute Gasteiger partial charge is 0.384 e. The normalized spacial score (nSPS) is 12.5. The molecule has 0 saturated heterocycles. The van der Waals surface area contributed by atoms with Gasteiger partial charge < -0.3 is 15.6 Å². The Balaban J connectivity index is 1.67. The third-order valence-electron chi connectivity index (χ3n) is 4.91. The number of nitrogens with two attached hydrogens (primary N) is 1. The number of nitrogens with zero attached hydrogens (tertiary/aromatic N) is 2. The molecule has 9 heteroatoms. The van der Waals surface area contributed by atoms with E-state index in [9.17, 15) is 8.42 Å². The van der Waals surface area contributed by atoms with Crippen LogP contribution in [0.5, 0.6) is 0 Å². The average molecular weight is 466 g/mol. The first-order valence-electron chi connectivity index (χ1n) is 10.4. The first-order valence-corrected chi connectivity index (χ1v) is 11.9. The highest BCUT2D eigenvalue weighted by atomic mass is 32.2. The summed E-state index contributed by atoms with van der Waals surface area (Å²) in [6.07, 6.45) is 2.82. The van der Waals surface area contributed by atoms with Gasteiger partial charge in [0.25, 0.3) is 0 Å². The van der Waals surface area contributed by atoms with Crippen molar-refractivity contribution in [3.8, 4) is 11.3 Å². The Labute approximate surface area is 193 Å². The summed E-state index contributed by atoms with van der Waals surface area (Å²) < 4.78 is 29.7. The van der Waals surface area contributed by atoms with Crippen molar-refractivity contribution in [2.45, 2.75) is 30.5 Å². The number of rotatable bonds is 9. The number of sulfone groups is 1. The Morgan fingerprint density at radius 2 is 1.85 bits per heavy atom. The average Bonchev–Trinajstić information content (AvgIpc) is 3.26. The Bertz CT molecular complexity index is 1270. The molecular weight excluding hydrogens is 438 g/mol. The van der Waals surface area contributed by atoms with Gasteiger partial charge in [-0.3, -0.25) is 5.41 Å². The van der Waals surface area contributed by atoms with Gasteiger partial charge >= 0.3 is 0 Å². The minimum absolute atomic E-state index is 0.0970. The zero-order valence-corrected chi connectivity index (χ0v) is 19.6. The van der Waals surface area contributed by atoms with E-state index in [-0.39, 0.29) is 16.4 Å². The van der Waals surface area contributed by atoms with Gasteiger partial charge in [0.1, 0.15) is 11.5 Å². The minimum Gasteiger partial charge on any atom is -0.384 e. The first-order chi connectivity index (χ1) is 15.7. The summed E-state index contributed by atoms with van der Waals surface area (Å²) in [6.45, 7) is 4.05. The lowest BCUT2D eigenvalue weighted by molar-refractivity contribution is 0.415. The van der Waals surface area contributed by atoms with Crippen molar-refractivity contribution in [3.05, 3.63) is 77.3 Å². The molecule has 0 saturated carbocycles. The van der Waals surface area contributed by atoms with Crippen molar-refractivity contribution in [1.29, 1.82) is 5.41 Å². The molecule has 0 unspecified atom stereocenters. The lowest BCUT2D eigenvalue weighted by Gasteiger charge is -2.08. The fourth-order valence-corrected chi connectivity index (χ4v) is 4.04. The Kier molecular flexibility index (Phi) is 7.57. The van der Waals surface area contributed by atoms with E-state index in [2.05, 4.69) is 15.5 Å². The lowest BCUT2D eigenvalue weighted by atomic mass is 10.1. The third-order valence-corrected chi connectivity index (χ3v) is 7.08. The fraction of sp³-hybridized carbons (Fsp3) is 0.208. The second-order valence-electron chi connectivity index (χ2n) is 7.70. The van der Waals surface area contributed by atoms with Crippen LogP contribution in [-0.2, 0) is 16.4 Å². The zero-order valence-electron chi connectivity index (χ0n) is 18.7. The van der Waals surface area contributed by atoms with Gasteiger partial charge in [-0.25, -0.2) is 13.4 Å². The molecule has 0 spiro atoms. The molecule has 0 radical (unpaired) electrons. The lowest BCUT2D eigenvalue weighted by Crippen LogP contribution is -2.14. The van der Waals surface area contributed by atoms with Crippen LogP contribution >= 0.6 is 0 Å². The predicted octanol–water partition coefficient (Wildman–Crippen LogP) is 3.64. The van der Waals surface area contributed by atoms with Crippen LogP contribution in [0.3, 0.4) is 0 Å². The summed E-state index contributed by atoms with van der Waals surface area (Å²) in [5.74, 6) is 0.583. The van der Waals surface area contributed by atoms with Crippen molar-refractivity contribution >= 4 is 27.8 Å². The van der Waals surface area contributed by atoms with Gasteiger partial charge in [0.05, 0.1) is 22.1 Å². The predicted molar refractivity (Wildman–Crippen MR) is 131 cm³/mol. The maximum Gasteiger partial charge on any atom is 0.180 e. The molecule has 0 amide bonds. The molecule has 0 fully saturated rings. The summed E-state index contributed by atoms with van der Waals surface area (Å²) in [6, 6.07) is 15.9. The topological polar surface area (TPSA) is 134 Å². The van der Waals surface area contributed by atoms with E-state index in [1.807, 2.05) is 31.3 Å². The molecule has 1 heterocycles. The second-order valence-corrected chi connectivity index (χ2v) is 10.2. The molecule has 0 bridgehead atoms. The minimum atomic E-state index is -3.36. The molecule has 2 aromatic carbocycles. The number of aromatic nitrogens is 1. The van der Waals surface area contributed by atoms with Crippen molar-refractivity contribution < 1.29 is 12.9 Å². The summed E-state index contributed by atoms with van der Waals surface area (Å²) >= 11 is 0. The van der Waals surface area contributed by atoms with Gasteiger partial charge in [0, 0.05) is 29.8 Å². The molecule has 0 atom stereocenters. The van der Waals surface area contributed by atoms with Crippen molar-refractivity contribution in [3.63, 3.8) is 0 Å². The maximum absolute atomic E-state index is 12.2. The summed E-state index contributed by atoms with van der Waals surface area (Å²) in [5, 5.41) is 14.8. The smallest absolute Gasteiger partial charge is 0.180 e. The molecule has 0 aliphatic carbocycles. The van der Waals surface area contributed by atoms with Gasteiger partial charge in [-0.15, -0.1) is 0 Å². The molecule has 0 aliphatic heterocycles. The van der Waals surface area contributed by atoms with Crippen LogP contribution in [0.4, 0.5) is 0 Å². The Hall–Kier alpha value is -3.56. The van der Waals surface area contributed by atoms with Crippen LogP contribution in [-0.4, -0.2) is 37.8 Å². The van der Waals surface area contributed by atoms with Crippen LogP contribution in [0.25, 0.3) is 17.3 Å². The molecule has 4 N–H and O–H groups in total. The number of nitrogens with one attached hydrogen (secondary N) is 2. The fourth-order valence-electron chi connectivity index (χ4n) is 2.98. The molecule has 8 nitrogen and oxygen atoms in total. The van der Waals surface area contributed by atoms with E-state index >= 15 is 0 Å². The van der Waals surface area contributed by atoms with Gasteiger partial charge in [-0.05, 0) is 38.6 Å². The van der Waals surface area contributed by atoms with Gasteiger partial charge in [-0.2, -0.15) is 0 Å². The van der Waals surface area contributed by atoms with Crippen LogP contribution < -0.4 is 11.1 Å². The van der Waals surface area contributed by atoms with Crippen LogP contribution in [0.1, 0.15) is 30.7 Å². The third kappa shape index (κ3) is 6.03. The van der Waals surface area contributed by atoms with Crippen LogP contribution in [0, 0.1) is 5.41 Å². The number of benzene rings is 2. The molecule has 3 rings (SSSR count). The van der Waals surface area contributed by atoms with E-state index < -0.39 is 15.1 Å². The monoisotopic (exact) mass is 465 g/mol. The highest BCUT2D eigenvalue weighted by Crippen LogP contribution is 2.21. The van der Waals surface area contributed by atoms with E-state index in [1.165, 1.54) is 30.0 Å². The molecule has 33 heavy (non-hydrogen) atoms. The molecule has 3 aromatic rings. The highest BCUT2D eigenvalue weighted by molar-refractivity contribution is 7.92. The second kappa shape index (κ2) is 10.4. The van der Waals surface area contributed by atoms with Gasteiger partial charge in [-0.1, -0.05) is 41.6 Å². The number of aliphatic imine (C=N–C) groups is 1. The summed E-state index contributed by atoms with van der Waals surface area (Å²) in [5.41, 5.74) is 9.33. The van der Waals surface area contributed by atoms with Crippen molar-refractivity contribution in [2.24, 2.45) is 10.7 Å². The van der Waals surface area contributed by atoms with E-state index in [4.69, 9.17) is 15.7 Å². The van der Waals surface area contributed by atoms with Crippen molar-refractivity contribution in [1.82, 2.24) is 10.5 Å². The first kappa shape index (κ1) is 24.1. The van der Waals surface area contributed by atoms with Gasteiger partial charge in [0.15, 0.2) is 15.6 Å². The summed E-state index contributed by atoms with van der Waals surface area (Å²) in [7, 11) is -1.46. The zero-order chi connectivity index (χ0) is 24.0. The van der Waals surface area contributed by atoms with Crippen molar-refractivity contribution in [2.75, 3.05) is 7.05 Å². The SMILES string of the molecule is CNCc1ccc(-c2cc(/C=C(N)/N=C\C(=N)c3ccc(S(=O)(=O)C(C)C)cc3)on2)cc1. The van der Waals surface area contributed by atoms with Crippen LogP contribution in [0.2, 0.25) is 0 Å². The van der Waals surface area contributed by atoms with E-state index in [0.717, 1.165) is 12.1 Å². The van der Waals surface area contributed by atoms with E-state index in [0.29, 0.717) is 17.0 Å². The quantitative estimate of drug-likeness (QED) is 0.413. The standard InChI is InChI=1S/C24H27N5O3S/c1-16(2)33(30,31)21-10-8-18(9-11-21)22(25)15-28-24(26)13-20-12-23(29-32-20)19-6-4-17(5-7-19)14-27-3/h4-13,15-16,25,27H,14,26H2,1-3H3/b24-13+,25-22?,28-15-. The molecule has 1 aromatic heterocycles. The number of hydrogen-bond acceptors (Lipinski definition) is 8. The van der Waals surface area contributed by atoms with E-state index in [1.54, 1.807) is 32.0 Å².